The average molecular weight is 294 g/mol. The van der Waals surface area contributed by atoms with Crippen molar-refractivity contribution in [2.24, 2.45) is 0 Å². The Balaban J connectivity index is -0.0000000133. The zero-order valence-electron chi connectivity index (χ0n) is 3.26. The summed E-state index contributed by atoms with van der Waals surface area (Å²) < 4.78 is 8.88. The summed E-state index contributed by atoms with van der Waals surface area (Å²) in [5.41, 5.74) is 0. The zero-order chi connectivity index (χ0) is 4.50. The summed E-state index contributed by atoms with van der Waals surface area (Å²) in [4.78, 5) is 21.6. The Morgan fingerprint density at radius 3 is 1.11 bits per heavy atom. The molecule has 0 aromatic carbocycles. The molecule has 0 aliphatic rings. The monoisotopic (exact) mass is 294 g/mol. The topological polar surface area (TPSA) is 77.8 Å². The van der Waals surface area contributed by atoms with Gasteiger partial charge in [0.1, 0.15) is 0 Å². The third kappa shape index (κ3) is 126. The van der Waals surface area contributed by atoms with Crippen molar-refractivity contribution in [1.29, 1.82) is 0 Å². The summed E-state index contributed by atoms with van der Waals surface area (Å²) >= 11 is 0. The van der Waals surface area contributed by atoms with Crippen molar-refractivity contribution in [1.82, 2.24) is 0 Å². The van der Waals surface area contributed by atoms with Crippen LogP contribution in [0, 0.1) is 0 Å². The van der Waals surface area contributed by atoms with Gasteiger partial charge in [0.25, 0.3) is 0 Å². The Morgan fingerprint density at radius 2 is 1.11 bits per heavy atom. The molecule has 0 fully saturated rings. The van der Waals surface area contributed by atoms with E-state index in [-0.39, 0.29) is 74.0 Å². The van der Waals surface area contributed by atoms with E-state index in [2.05, 4.69) is 0 Å². The molecule has 0 aliphatic heterocycles. The van der Waals surface area contributed by atoms with Crippen molar-refractivity contribution >= 4 is 30.9 Å². The first kappa shape index (κ1) is 30.1. The third-order valence-electron chi connectivity index (χ3n) is 0. The maximum absolute atomic E-state index is 8.88. The van der Waals surface area contributed by atoms with Gasteiger partial charge in [-0.15, -0.1) is 0 Å². The van der Waals surface area contributed by atoms with Crippen LogP contribution in [0.15, 0.2) is 0 Å². The minimum Gasteiger partial charge on any atom is -0.303 e. The zero-order valence-corrected chi connectivity index (χ0v) is 7.48. The summed E-state index contributed by atoms with van der Waals surface area (Å²) in [6.45, 7) is 0. The van der Waals surface area contributed by atoms with Crippen LogP contribution in [0.3, 0.4) is 0 Å². The van der Waals surface area contributed by atoms with Gasteiger partial charge < -0.3 is 14.7 Å². The van der Waals surface area contributed by atoms with Crippen molar-refractivity contribution in [3.8, 4) is 0 Å². The van der Waals surface area contributed by atoms with Crippen molar-refractivity contribution < 1.29 is 70.2 Å². The summed E-state index contributed by atoms with van der Waals surface area (Å²) in [6, 6.07) is 0. The van der Waals surface area contributed by atoms with Gasteiger partial charge in [-0.3, -0.25) is 0 Å². The molecule has 2 radical (unpaired) electrons. The maximum Gasteiger partial charge on any atom is 0.466 e. The Labute approximate surface area is 100 Å². The minimum absolute atomic E-state index is 0. The summed E-state index contributed by atoms with van der Waals surface area (Å²) in [5.74, 6) is 0. The van der Waals surface area contributed by atoms with E-state index >= 15 is 0 Å². The Morgan fingerprint density at radius 1 is 1.11 bits per heavy atom. The van der Waals surface area contributed by atoms with E-state index in [1.807, 2.05) is 0 Å². The first-order valence-electron chi connectivity index (χ1n) is 0.783. The molecular weight excluding hydrogens is 289 g/mol. The van der Waals surface area contributed by atoms with Crippen LogP contribution >= 0.6 is 7.82 Å². The molecule has 0 spiro atoms. The Bertz CT molecular complexity index is 66.7. The average Bonchev–Trinajstić information content (AvgIpc) is 0.722. The van der Waals surface area contributed by atoms with Crippen molar-refractivity contribution in [3.05, 3.63) is 0 Å². The summed E-state index contributed by atoms with van der Waals surface area (Å²) in [6.07, 6.45) is 0. The predicted octanol–water partition coefficient (Wildman–Crippen LogP) is -1.85. The van der Waals surface area contributed by atoms with Gasteiger partial charge in [0.05, 0.1) is 0 Å². The fraction of sp³-hybridized carbons (Fsp3) is 0. The van der Waals surface area contributed by atoms with E-state index in [0.29, 0.717) is 0 Å². The van der Waals surface area contributed by atoms with Crippen LogP contribution in [0.25, 0.3) is 0 Å². The number of phosphoric acid groups is 1. The SMILES string of the molecule is O=P(O)(O)O.[Co].[Fe].[MgH2].[Mn]. The molecule has 0 unspecified atom stereocenters. The molecule has 4 nitrogen and oxygen atoms in total. The van der Waals surface area contributed by atoms with Gasteiger partial charge in [-0.1, -0.05) is 0 Å². The first-order chi connectivity index (χ1) is 2.00. The van der Waals surface area contributed by atoms with Gasteiger partial charge in [0, 0.05) is 50.9 Å². The first-order valence-corrected chi connectivity index (χ1v) is 2.35. The molecule has 0 rings (SSSR count). The Kier molecular flexibility index (Phi) is 43.6. The van der Waals surface area contributed by atoms with Crippen molar-refractivity contribution in [2.45, 2.75) is 0 Å². The molecule has 0 amide bonds. The largest absolute Gasteiger partial charge is 0.466 e. The summed E-state index contributed by atoms with van der Waals surface area (Å²) in [5, 5.41) is 0. The van der Waals surface area contributed by atoms with Crippen LogP contribution < -0.4 is 0 Å². The second-order valence-electron chi connectivity index (χ2n) is 0.513. The molecule has 0 aromatic heterocycles. The standard InChI is InChI=1S/Co.Fe.Mg.Mn.H3O4P.2H/c;;;;1-5(2,3)4;;/h;;;;(H3,1,2,3,4);;. The van der Waals surface area contributed by atoms with Crippen molar-refractivity contribution in [2.75, 3.05) is 0 Å². The van der Waals surface area contributed by atoms with E-state index in [0.717, 1.165) is 0 Å². The second kappa shape index (κ2) is 13.0. The van der Waals surface area contributed by atoms with Gasteiger partial charge >= 0.3 is 30.9 Å². The van der Waals surface area contributed by atoms with Crippen LogP contribution in [-0.2, 0) is 55.5 Å². The fourth-order valence-electron chi connectivity index (χ4n) is 0. The molecule has 60 valence electrons. The van der Waals surface area contributed by atoms with Gasteiger partial charge in [0.15, 0.2) is 0 Å². The van der Waals surface area contributed by atoms with E-state index in [1.165, 1.54) is 0 Å². The molecule has 0 atom stereocenters. The van der Waals surface area contributed by atoms with E-state index in [9.17, 15) is 0 Å². The number of rotatable bonds is 0. The van der Waals surface area contributed by atoms with Gasteiger partial charge in [-0.2, -0.15) is 0 Å². The number of hydrogen-bond donors (Lipinski definition) is 3. The fourth-order valence-corrected chi connectivity index (χ4v) is 0. The molecule has 0 aromatic rings. The molecule has 3 N–H and O–H groups in total. The Hall–Kier alpha value is 2.42. The van der Waals surface area contributed by atoms with E-state index in [4.69, 9.17) is 19.2 Å². The van der Waals surface area contributed by atoms with E-state index < -0.39 is 7.82 Å². The number of hydrogen-bond acceptors (Lipinski definition) is 1. The van der Waals surface area contributed by atoms with Gasteiger partial charge in [-0.25, -0.2) is 4.57 Å². The molecule has 0 saturated heterocycles. The molecule has 0 aliphatic carbocycles. The summed E-state index contributed by atoms with van der Waals surface area (Å²) in [7, 11) is -4.64. The van der Waals surface area contributed by atoms with Gasteiger partial charge in [-0.05, 0) is 0 Å². The third-order valence-corrected chi connectivity index (χ3v) is 0. The second-order valence-corrected chi connectivity index (χ2v) is 1.54. The van der Waals surface area contributed by atoms with Crippen LogP contribution in [0.1, 0.15) is 0 Å². The molecule has 0 heterocycles. The smallest absolute Gasteiger partial charge is 0.303 e. The quantitative estimate of drug-likeness (QED) is 0.362. The maximum atomic E-state index is 8.88. The van der Waals surface area contributed by atoms with Crippen molar-refractivity contribution in [3.63, 3.8) is 0 Å². The van der Waals surface area contributed by atoms with Gasteiger partial charge in [0.2, 0.25) is 0 Å². The minimum atomic E-state index is -4.64. The molecule has 0 bridgehead atoms. The van der Waals surface area contributed by atoms with E-state index in [1.54, 1.807) is 0 Å². The molecule has 9 heavy (non-hydrogen) atoms. The van der Waals surface area contributed by atoms with Crippen LogP contribution in [0.2, 0.25) is 0 Å². The normalized spacial score (nSPS) is 6.56. The molecule has 9 heteroatoms. The van der Waals surface area contributed by atoms with Crippen LogP contribution in [-0.4, -0.2) is 37.7 Å². The predicted molar refractivity (Wildman–Crippen MR) is 22.8 cm³/mol. The van der Waals surface area contributed by atoms with Crippen LogP contribution in [0.4, 0.5) is 0 Å². The molecular formula is H5CoFeMgMnO4P. The van der Waals surface area contributed by atoms with Crippen LogP contribution in [0.5, 0.6) is 0 Å². The molecule has 0 saturated carbocycles.